The SMILES string of the molecule is Cc1cccc(OCCSCC(O)c2ccccc2)c1. The molecule has 2 nitrogen and oxygen atoms in total. The van der Waals surface area contributed by atoms with Gasteiger partial charge in [-0.05, 0) is 30.2 Å². The van der Waals surface area contributed by atoms with Crippen LogP contribution in [0.4, 0.5) is 0 Å². The average Bonchev–Trinajstić information content (AvgIpc) is 2.48. The summed E-state index contributed by atoms with van der Waals surface area (Å²) in [6.07, 6.45) is -0.403. The summed E-state index contributed by atoms with van der Waals surface area (Å²) < 4.78 is 5.67. The molecular formula is C17H20O2S. The van der Waals surface area contributed by atoms with Crippen LogP contribution in [-0.2, 0) is 0 Å². The minimum absolute atomic E-state index is 0.403. The zero-order valence-electron chi connectivity index (χ0n) is 11.7. The highest BCUT2D eigenvalue weighted by Gasteiger charge is 2.06. The summed E-state index contributed by atoms with van der Waals surface area (Å²) in [4.78, 5) is 0. The Labute approximate surface area is 124 Å². The molecule has 2 aromatic carbocycles. The molecule has 0 heterocycles. The van der Waals surface area contributed by atoms with E-state index < -0.39 is 6.10 Å². The van der Waals surface area contributed by atoms with Gasteiger partial charge in [-0.2, -0.15) is 11.8 Å². The molecule has 1 atom stereocenters. The minimum Gasteiger partial charge on any atom is -0.493 e. The molecule has 0 fully saturated rings. The van der Waals surface area contributed by atoms with Crippen LogP contribution < -0.4 is 4.74 Å². The van der Waals surface area contributed by atoms with Crippen LogP contribution in [0.15, 0.2) is 54.6 Å². The predicted molar refractivity (Wildman–Crippen MR) is 85.4 cm³/mol. The lowest BCUT2D eigenvalue weighted by molar-refractivity contribution is 0.204. The molecular weight excluding hydrogens is 268 g/mol. The van der Waals surface area contributed by atoms with Crippen molar-refractivity contribution in [3.8, 4) is 5.75 Å². The molecule has 1 unspecified atom stereocenters. The molecule has 0 saturated heterocycles. The fourth-order valence-electron chi connectivity index (χ4n) is 1.89. The second-order valence-electron chi connectivity index (χ2n) is 4.67. The van der Waals surface area contributed by atoms with Gasteiger partial charge in [0.1, 0.15) is 5.75 Å². The van der Waals surface area contributed by atoms with E-state index in [0.29, 0.717) is 12.4 Å². The third-order valence-electron chi connectivity index (χ3n) is 2.95. The van der Waals surface area contributed by atoms with Crippen molar-refractivity contribution in [1.29, 1.82) is 0 Å². The van der Waals surface area contributed by atoms with E-state index in [1.165, 1.54) is 5.56 Å². The first-order valence-electron chi connectivity index (χ1n) is 6.76. The van der Waals surface area contributed by atoms with Crippen molar-refractivity contribution < 1.29 is 9.84 Å². The molecule has 0 bridgehead atoms. The van der Waals surface area contributed by atoms with Crippen LogP contribution in [0.1, 0.15) is 17.2 Å². The Morgan fingerprint density at radius 3 is 2.65 bits per heavy atom. The van der Waals surface area contributed by atoms with Gasteiger partial charge in [0.15, 0.2) is 0 Å². The van der Waals surface area contributed by atoms with Gasteiger partial charge >= 0.3 is 0 Å². The monoisotopic (exact) mass is 288 g/mol. The van der Waals surface area contributed by atoms with Gasteiger partial charge in [-0.15, -0.1) is 0 Å². The zero-order chi connectivity index (χ0) is 14.2. The van der Waals surface area contributed by atoms with E-state index in [2.05, 4.69) is 13.0 Å². The summed E-state index contributed by atoms with van der Waals surface area (Å²) in [5.74, 6) is 2.48. The highest BCUT2D eigenvalue weighted by Crippen LogP contribution is 2.18. The lowest BCUT2D eigenvalue weighted by Gasteiger charge is -2.11. The van der Waals surface area contributed by atoms with Gasteiger partial charge in [-0.25, -0.2) is 0 Å². The van der Waals surface area contributed by atoms with Crippen LogP contribution in [0.2, 0.25) is 0 Å². The fourth-order valence-corrected chi connectivity index (χ4v) is 2.67. The Morgan fingerprint density at radius 2 is 1.90 bits per heavy atom. The molecule has 0 aliphatic carbocycles. The maximum atomic E-state index is 10.0. The van der Waals surface area contributed by atoms with E-state index in [9.17, 15) is 5.11 Å². The highest BCUT2D eigenvalue weighted by molar-refractivity contribution is 7.99. The lowest BCUT2D eigenvalue weighted by Crippen LogP contribution is -2.05. The van der Waals surface area contributed by atoms with Crippen LogP contribution in [-0.4, -0.2) is 23.2 Å². The molecule has 20 heavy (non-hydrogen) atoms. The summed E-state index contributed by atoms with van der Waals surface area (Å²) in [5.41, 5.74) is 2.18. The molecule has 0 amide bonds. The summed E-state index contributed by atoms with van der Waals surface area (Å²) in [6, 6.07) is 17.8. The van der Waals surface area contributed by atoms with E-state index in [4.69, 9.17) is 4.74 Å². The van der Waals surface area contributed by atoms with E-state index in [0.717, 1.165) is 17.1 Å². The van der Waals surface area contributed by atoms with Crippen LogP contribution in [0.5, 0.6) is 5.75 Å². The summed E-state index contributed by atoms with van der Waals surface area (Å²) in [7, 11) is 0. The van der Waals surface area contributed by atoms with Crippen LogP contribution in [0.25, 0.3) is 0 Å². The highest BCUT2D eigenvalue weighted by atomic mass is 32.2. The fraction of sp³-hybridized carbons (Fsp3) is 0.294. The molecule has 0 aliphatic heterocycles. The molecule has 0 radical (unpaired) electrons. The lowest BCUT2D eigenvalue weighted by atomic mass is 10.1. The third-order valence-corrected chi connectivity index (χ3v) is 3.95. The number of hydrogen-bond acceptors (Lipinski definition) is 3. The number of rotatable bonds is 7. The predicted octanol–water partition coefficient (Wildman–Crippen LogP) is 3.84. The number of hydrogen-bond donors (Lipinski definition) is 1. The third kappa shape index (κ3) is 4.91. The van der Waals surface area contributed by atoms with E-state index in [-0.39, 0.29) is 0 Å². The topological polar surface area (TPSA) is 29.5 Å². The number of benzene rings is 2. The molecule has 0 aromatic heterocycles. The van der Waals surface area contributed by atoms with E-state index in [1.54, 1.807) is 11.8 Å². The first kappa shape index (κ1) is 14.9. The smallest absolute Gasteiger partial charge is 0.119 e. The van der Waals surface area contributed by atoms with Crippen LogP contribution in [0.3, 0.4) is 0 Å². The number of thioether (sulfide) groups is 1. The van der Waals surface area contributed by atoms with Crippen molar-refractivity contribution in [2.45, 2.75) is 13.0 Å². The Bertz CT molecular complexity index is 513. The van der Waals surface area contributed by atoms with Gasteiger partial charge in [0.05, 0.1) is 12.7 Å². The minimum atomic E-state index is -0.403. The number of aliphatic hydroxyl groups excluding tert-OH is 1. The normalized spacial score (nSPS) is 12.1. The van der Waals surface area contributed by atoms with Crippen molar-refractivity contribution >= 4 is 11.8 Å². The second-order valence-corrected chi connectivity index (χ2v) is 5.82. The van der Waals surface area contributed by atoms with E-state index >= 15 is 0 Å². The molecule has 2 rings (SSSR count). The largest absolute Gasteiger partial charge is 0.493 e. The Balaban J connectivity index is 1.64. The van der Waals surface area contributed by atoms with Crippen molar-refractivity contribution in [3.63, 3.8) is 0 Å². The molecule has 0 saturated carbocycles. The maximum absolute atomic E-state index is 10.0. The molecule has 3 heteroatoms. The first-order valence-corrected chi connectivity index (χ1v) is 7.91. The van der Waals surface area contributed by atoms with Gasteiger partial charge in [-0.3, -0.25) is 0 Å². The molecule has 0 aliphatic rings. The van der Waals surface area contributed by atoms with Crippen molar-refractivity contribution in [2.75, 3.05) is 18.1 Å². The number of ether oxygens (including phenoxy) is 1. The van der Waals surface area contributed by atoms with Crippen molar-refractivity contribution in [3.05, 3.63) is 65.7 Å². The van der Waals surface area contributed by atoms with Gasteiger partial charge in [0.25, 0.3) is 0 Å². The zero-order valence-corrected chi connectivity index (χ0v) is 12.5. The summed E-state index contributed by atoms with van der Waals surface area (Å²) >= 11 is 1.70. The quantitative estimate of drug-likeness (QED) is 0.785. The number of aliphatic hydroxyl groups is 1. The Hall–Kier alpha value is -1.45. The van der Waals surface area contributed by atoms with Gasteiger partial charge in [0, 0.05) is 11.5 Å². The summed E-state index contributed by atoms with van der Waals surface area (Å²) in [5, 5.41) is 10.0. The average molecular weight is 288 g/mol. The maximum Gasteiger partial charge on any atom is 0.119 e. The van der Waals surface area contributed by atoms with Gasteiger partial charge in [-0.1, -0.05) is 42.5 Å². The van der Waals surface area contributed by atoms with Gasteiger partial charge in [0.2, 0.25) is 0 Å². The van der Waals surface area contributed by atoms with Crippen molar-refractivity contribution in [1.82, 2.24) is 0 Å². The number of aryl methyl sites for hydroxylation is 1. The Kier molecular flexibility index (Phi) is 5.96. The molecule has 1 N–H and O–H groups in total. The second kappa shape index (κ2) is 7.98. The Morgan fingerprint density at radius 1 is 1.10 bits per heavy atom. The van der Waals surface area contributed by atoms with Crippen molar-refractivity contribution in [2.24, 2.45) is 0 Å². The van der Waals surface area contributed by atoms with E-state index in [1.807, 2.05) is 48.5 Å². The van der Waals surface area contributed by atoms with Crippen LogP contribution in [0, 0.1) is 6.92 Å². The molecule has 106 valence electrons. The van der Waals surface area contributed by atoms with Gasteiger partial charge < -0.3 is 9.84 Å². The first-order chi connectivity index (χ1) is 9.75. The van der Waals surface area contributed by atoms with Crippen LogP contribution >= 0.6 is 11.8 Å². The summed E-state index contributed by atoms with van der Waals surface area (Å²) in [6.45, 7) is 2.72. The standard InChI is InChI=1S/C17H20O2S/c1-14-6-5-9-16(12-14)19-10-11-20-13-17(18)15-7-3-2-4-8-15/h2-9,12,17-18H,10-11,13H2,1H3. The molecule has 2 aromatic rings. The molecule has 0 spiro atoms.